The Balaban J connectivity index is 1.27. The summed E-state index contributed by atoms with van der Waals surface area (Å²) in [5.41, 5.74) is 1.73. The molecule has 2 heterocycles. The predicted octanol–water partition coefficient (Wildman–Crippen LogP) is 2.84. The number of amides is 1. The van der Waals surface area contributed by atoms with Crippen molar-refractivity contribution in [2.24, 2.45) is 0 Å². The number of nitrogens with one attached hydrogen (secondary N) is 1. The van der Waals surface area contributed by atoms with E-state index in [-0.39, 0.29) is 12.7 Å². The van der Waals surface area contributed by atoms with Crippen LogP contribution in [0, 0.1) is 0 Å². The Hall–Kier alpha value is -2.68. The average Bonchev–Trinajstić information content (AvgIpc) is 3.24. The number of hydrogen-bond acceptors (Lipinski definition) is 7. The van der Waals surface area contributed by atoms with Crippen molar-refractivity contribution in [1.29, 1.82) is 0 Å². The van der Waals surface area contributed by atoms with Gasteiger partial charge < -0.3 is 24.3 Å². The Morgan fingerprint density at radius 1 is 1.00 bits per heavy atom. The maximum Gasteiger partial charge on any atom is 0.238 e. The minimum atomic E-state index is -0.105. The van der Waals surface area contributed by atoms with E-state index in [2.05, 4.69) is 21.2 Å². The summed E-state index contributed by atoms with van der Waals surface area (Å²) in [6.07, 6.45) is 0. The van der Waals surface area contributed by atoms with Crippen molar-refractivity contribution in [3.8, 4) is 23.0 Å². The molecule has 31 heavy (non-hydrogen) atoms. The molecule has 4 rings (SSSR count). The average molecular weight is 448 g/mol. The van der Waals surface area contributed by atoms with Crippen molar-refractivity contribution >= 4 is 23.2 Å². The zero-order valence-electron chi connectivity index (χ0n) is 17.7. The zero-order chi connectivity index (χ0) is 21.8. The number of nitrogens with zero attached hydrogens (tertiary/aromatic N) is 2. The third kappa shape index (κ3) is 5.15. The maximum atomic E-state index is 12.6. The first-order valence-electron chi connectivity index (χ1n) is 10.1. The lowest BCUT2D eigenvalue weighted by Gasteiger charge is -2.34. The van der Waals surface area contributed by atoms with E-state index in [4.69, 9.17) is 30.5 Å². The number of halogens is 1. The molecule has 0 spiro atoms. The second-order valence-corrected chi connectivity index (χ2v) is 7.88. The highest BCUT2D eigenvalue weighted by Crippen LogP contribution is 2.36. The number of piperazine rings is 1. The van der Waals surface area contributed by atoms with E-state index in [0.29, 0.717) is 28.8 Å². The van der Waals surface area contributed by atoms with Crippen molar-refractivity contribution in [2.75, 3.05) is 59.1 Å². The highest BCUT2D eigenvalue weighted by Gasteiger charge is 2.21. The molecule has 0 aromatic heterocycles. The number of methoxy groups -OCH3 is 2. The maximum absolute atomic E-state index is 12.6. The quantitative estimate of drug-likeness (QED) is 0.699. The van der Waals surface area contributed by atoms with Gasteiger partial charge in [0, 0.05) is 44.9 Å². The van der Waals surface area contributed by atoms with Crippen LogP contribution in [-0.4, -0.2) is 69.4 Å². The van der Waals surface area contributed by atoms with Crippen molar-refractivity contribution < 1.29 is 23.7 Å². The number of rotatable bonds is 7. The summed E-state index contributed by atoms with van der Waals surface area (Å²) in [4.78, 5) is 17.1. The molecule has 2 aromatic rings. The van der Waals surface area contributed by atoms with Gasteiger partial charge in [0.25, 0.3) is 0 Å². The van der Waals surface area contributed by atoms with Gasteiger partial charge in [-0.3, -0.25) is 14.6 Å². The fourth-order valence-corrected chi connectivity index (χ4v) is 3.98. The number of benzene rings is 2. The summed E-state index contributed by atoms with van der Waals surface area (Å²) < 4.78 is 21.4. The van der Waals surface area contributed by atoms with E-state index < -0.39 is 0 Å². The lowest BCUT2D eigenvalue weighted by Crippen LogP contribution is -2.48. The molecule has 0 radical (unpaired) electrons. The lowest BCUT2D eigenvalue weighted by atomic mass is 10.1. The smallest absolute Gasteiger partial charge is 0.238 e. The predicted molar refractivity (Wildman–Crippen MR) is 117 cm³/mol. The Bertz CT molecular complexity index is 947. The van der Waals surface area contributed by atoms with Crippen LogP contribution in [0.1, 0.15) is 5.56 Å². The molecule has 0 bridgehead atoms. The van der Waals surface area contributed by atoms with Gasteiger partial charge in [0.2, 0.25) is 12.7 Å². The molecule has 2 aliphatic heterocycles. The van der Waals surface area contributed by atoms with Gasteiger partial charge in [-0.1, -0.05) is 17.7 Å². The SMILES string of the molecule is COc1cc(NC(=O)CN2CCN(Cc3ccc4c(c3)OCO4)CC2)c(OC)cc1Cl. The van der Waals surface area contributed by atoms with Crippen molar-refractivity contribution in [3.63, 3.8) is 0 Å². The minimum Gasteiger partial charge on any atom is -0.495 e. The molecule has 166 valence electrons. The second-order valence-electron chi connectivity index (χ2n) is 7.48. The van der Waals surface area contributed by atoms with Crippen LogP contribution in [-0.2, 0) is 11.3 Å². The molecule has 9 heteroatoms. The number of carbonyl (C=O) groups is 1. The molecular formula is C22H26ClN3O5. The lowest BCUT2D eigenvalue weighted by molar-refractivity contribution is -0.117. The van der Waals surface area contributed by atoms with E-state index in [1.807, 2.05) is 12.1 Å². The molecule has 1 amide bonds. The van der Waals surface area contributed by atoms with Crippen LogP contribution in [0.15, 0.2) is 30.3 Å². The van der Waals surface area contributed by atoms with Gasteiger partial charge in [-0.25, -0.2) is 0 Å². The number of anilines is 1. The monoisotopic (exact) mass is 447 g/mol. The Morgan fingerprint density at radius 3 is 2.45 bits per heavy atom. The third-order valence-electron chi connectivity index (χ3n) is 5.42. The summed E-state index contributed by atoms with van der Waals surface area (Å²) >= 11 is 6.13. The molecular weight excluding hydrogens is 422 g/mol. The Morgan fingerprint density at radius 2 is 1.71 bits per heavy atom. The highest BCUT2D eigenvalue weighted by molar-refractivity contribution is 6.32. The van der Waals surface area contributed by atoms with Crippen LogP contribution in [0.3, 0.4) is 0 Å². The van der Waals surface area contributed by atoms with Crippen molar-refractivity contribution in [3.05, 3.63) is 40.9 Å². The summed E-state index contributed by atoms with van der Waals surface area (Å²) in [6, 6.07) is 9.36. The Kier molecular flexibility index (Phi) is 6.70. The molecule has 2 aromatic carbocycles. The number of ether oxygens (including phenoxy) is 4. The first kappa shape index (κ1) is 21.5. The molecule has 2 aliphatic rings. The Labute approximate surface area is 186 Å². The van der Waals surface area contributed by atoms with E-state index in [0.717, 1.165) is 44.2 Å². The van der Waals surface area contributed by atoms with Gasteiger partial charge in [-0.05, 0) is 17.7 Å². The van der Waals surface area contributed by atoms with Crippen molar-refractivity contribution in [2.45, 2.75) is 6.54 Å². The molecule has 1 fully saturated rings. The second kappa shape index (κ2) is 9.64. The van der Waals surface area contributed by atoms with Crippen LogP contribution in [0.2, 0.25) is 5.02 Å². The zero-order valence-corrected chi connectivity index (χ0v) is 18.4. The summed E-state index contributed by atoms with van der Waals surface area (Å²) in [6.45, 7) is 4.86. The van der Waals surface area contributed by atoms with Crippen LogP contribution in [0.25, 0.3) is 0 Å². The first-order chi connectivity index (χ1) is 15.1. The molecule has 0 aliphatic carbocycles. The molecule has 0 atom stereocenters. The van der Waals surface area contributed by atoms with Crippen LogP contribution in [0.4, 0.5) is 5.69 Å². The van der Waals surface area contributed by atoms with Crippen molar-refractivity contribution in [1.82, 2.24) is 9.80 Å². The topological polar surface area (TPSA) is 72.5 Å². The van der Waals surface area contributed by atoms with Gasteiger partial charge in [0.05, 0.1) is 31.5 Å². The number of hydrogen-bond donors (Lipinski definition) is 1. The highest BCUT2D eigenvalue weighted by atomic mass is 35.5. The van der Waals surface area contributed by atoms with E-state index in [1.165, 1.54) is 19.8 Å². The summed E-state index contributed by atoms with van der Waals surface area (Å²) in [7, 11) is 3.06. The minimum absolute atomic E-state index is 0.105. The van der Waals surface area contributed by atoms with Crippen LogP contribution in [0.5, 0.6) is 23.0 Å². The third-order valence-corrected chi connectivity index (χ3v) is 5.72. The van der Waals surface area contributed by atoms with Crippen LogP contribution < -0.4 is 24.3 Å². The molecule has 1 saturated heterocycles. The normalized spacial score (nSPS) is 16.2. The van der Waals surface area contributed by atoms with Gasteiger partial charge in [-0.2, -0.15) is 0 Å². The molecule has 0 unspecified atom stereocenters. The summed E-state index contributed by atoms with van der Waals surface area (Å²) in [5.74, 6) is 2.48. The van der Waals surface area contributed by atoms with Gasteiger partial charge >= 0.3 is 0 Å². The van der Waals surface area contributed by atoms with E-state index in [9.17, 15) is 4.79 Å². The van der Waals surface area contributed by atoms with Crippen LogP contribution >= 0.6 is 11.6 Å². The fraction of sp³-hybridized carbons (Fsp3) is 0.409. The van der Waals surface area contributed by atoms with Gasteiger partial charge in [0.1, 0.15) is 11.5 Å². The van der Waals surface area contributed by atoms with Gasteiger partial charge in [-0.15, -0.1) is 0 Å². The standard InChI is InChI=1S/C22H26ClN3O5/c1-28-19-11-17(20(29-2)10-16(19)23)24-22(27)13-26-7-5-25(6-8-26)12-15-3-4-18-21(9-15)31-14-30-18/h3-4,9-11H,5-8,12-14H2,1-2H3,(H,24,27). The van der Waals surface area contributed by atoms with E-state index >= 15 is 0 Å². The van der Waals surface area contributed by atoms with E-state index in [1.54, 1.807) is 12.1 Å². The molecule has 1 N–H and O–H groups in total. The first-order valence-corrected chi connectivity index (χ1v) is 10.5. The number of carbonyl (C=O) groups excluding carboxylic acids is 1. The summed E-state index contributed by atoms with van der Waals surface area (Å²) in [5, 5.41) is 3.33. The largest absolute Gasteiger partial charge is 0.495 e. The molecule has 8 nitrogen and oxygen atoms in total. The van der Waals surface area contributed by atoms with Gasteiger partial charge in [0.15, 0.2) is 11.5 Å². The fourth-order valence-electron chi connectivity index (χ4n) is 3.75. The number of fused-ring (bicyclic) bond motifs is 1. The molecule has 0 saturated carbocycles.